The van der Waals surface area contributed by atoms with Gasteiger partial charge in [-0.3, -0.25) is 0 Å². The van der Waals surface area contributed by atoms with Crippen molar-refractivity contribution in [3.05, 3.63) is 0 Å². The van der Waals surface area contributed by atoms with Crippen LogP contribution in [0.25, 0.3) is 0 Å². The zero-order valence-corrected chi connectivity index (χ0v) is 50.6. The Balaban J connectivity index is -0.00000661. The minimum Gasteiger partial charge on any atom is -0.308 e. The van der Waals surface area contributed by atoms with Gasteiger partial charge in [-0.15, -0.1) is 0 Å². The molecule has 0 N–H and O–H groups in total. The van der Waals surface area contributed by atoms with Gasteiger partial charge in [0, 0.05) is 86.4 Å². The molecule has 0 saturated carbocycles. The SMILES string of the molecule is CCCCCCCCCCCCCCCCCC(=O)OOB(OOC(=O)CCCCCCCCCCCCCCCCC)OOC(=O)CCCCCCCCCCCCCCCCC.[Nb].[Nb].[Nb]. The van der Waals surface area contributed by atoms with Crippen molar-refractivity contribution in [1.82, 2.24) is 0 Å². The van der Waals surface area contributed by atoms with E-state index in [1.165, 1.54) is 231 Å². The molecule has 0 rings (SSSR count). The van der Waals surface area contributed by atoms with Crippen molar-refractivity contribution in [2.75, 3.05) is 0 Å². The van der Waals surface area contributed by atoms with Crippen LogP contribution >= 0.6 is 0 Å². The van der Waals surface area contributed by atoms with Gasteiger partial charge in [-0.2, -0.15) is 14.4 Å². The molecule has 0 saturated heterocycles. The number of rotatable bonds is 54. The van der Waals surface area contributed by atoms with E-state index in [9.17, 15) is 14.4 Å². The van der Waals surface area contributed by atoms with Crippen molar-refractivity contribution in [3.8, 4) is 0 Å². The summed E-state index contributed by atoms with van der Waals surface area (Å²) >= 11 is 0. The van der Waals surface area contributed by atoms with Gasteiger partial charge < -0.3 is 14.7 Å². The molecule has 0 aromatic rings. The molecule has 0 aromatic carbocycles. The predicted octanol–water partition coefficient (Wildman–Crippen LogP) is 18.2. The van der Waals surface area contributed by atoms with Crippen molar-refractivity contribution >= 4 is 25.2 Å². The first kappa shape index (κ1) is 74.1. The third-order valence-corrected chi connectivity index (χ3v) is 12.6. The summed E-state index contributed by atoms with van der Waals surface area (Å²) in [5.74, 6) is -1.79. The first-order chi connectivity index (χ1) is 31.5. The summed E-state index contributed by atoms with van der Waals surface area (Å²) in [6, 6.07) is 0. The van der Waals surface area contributed by atoms with E-state index in [-0.39, 0.29) is 86.4 Å². The summed E-state index contributed by atoms with van der Waals surface area (Å²) in [6.45, 7) is 6.79. The van der Waals surface area contributed by atoms with Crippen LogP contribution in [-0.2, 0) is 111 Å². The minimum absolute atomic E-state index is 0. The first-order valence-corrected chi connectivity index (χ1v) is 28.1. The van der Waals surface area contributed by atoms with Gasteiger partial charge >= 0.3 is 25.2 Å². The van der Waals surface area contributed by atoms with Crippen LogP contribution in [0.5, 0.6) is 0 Å². The summed E-state index contributed by atoms with van der Waals surface area (Å²) in [5, 5.41) is 0. The maximum atomic E-state index is 12.4. The van der Waals surface area contributed by atoms with Gasteiger partial charge in [0.2, 0.25) is 0 Å². The van der Waals surface area contributed by atoms with Crippen molar-refractivity contribution in [1.29, 1.82) is 0 Å². The summed E-state index contributed by atoms with van der Waals surface area (Å²) in [4.78, 5) is 66.9. The van der Waals surface area contributed by atoms with Crippen LogP contribution in [-0.4, -0.2) is 25.2 Å². The fourth-order valence-electron chi connectivity index (χ4n) is 8.37. The Bertz CT molecular complexity index is 866. The summed E-state index contributed by atoms with van der Waals surface area (Å²) in [7, 11) is -1.85. The van der Waals surface area contributed by atoms with Crippen LogP contribution in [0.4, 0.5) is 0 Å². The number of carbonyl (C=O) groups is 3. The molecule has 393 valence electrons. The molecule has 0 fully saturated rings. The van der Waals surface area contributed by atoms with Gasteiger partial charge in [0.05, 0.1) is 0 Å². The Morgan fingerprint density at radius 1 is 0.239 bits per heavy atom. The normalized spacial score (nSPS) is 10.8. The minimum atomic E-state index is -1.85. The van der Waals surface area contributed by atoms with E-state index in [2.05, 4.69) is 20.8 Å². The monoisotopic (exact) mass is 1190 g/mol. The Hall–Kier alpha value is 0.576. The van der Waals surface area contributed by atoms with Crippen LogP contribution in [0.1, 0.15) is 329 Å². The fraction of sp³-hybridized carbons (Fsp3) is 0.944. The average molecular weight is 1190 g/mol. The molecule has 0 spiro atoms. The van der Waals surface area contributed by atoms with Gasteiger partial charge in [-0.1, -0.05) is 290 Å². The first-order valence-electron chi connectivity index (χ1n) is 28.1. The molecule has 3 radical (unpaired) electrons. The molecular weight excluding hydrogens is 1080 g/mol. The number of hydrogen-bond donors (Lipinski definition) is 0. The summed E-state index contributed by atoms with van der Waals surface area (Å²) in [6.07, 6.45) is 56.2. The van der Waals surface area contributed by atoms with E-state index >= 15 is 0 Å². The number of hydrogen-bond acceptors (Lipinski definition) is 9. The second kappa shape index (κ2) is 64.6. The smallest absolute Gasteiger partial charge is 0.308 e. The van der Waals surface area contributed by atoms with Crippen LogP contribution in [0.2, 0.25) is 0 Å². The molecule has 0 unspecified atom stereocenters. The largest absolute Gasteiger partial charge is 0.754 e. The quantitative estimate of drug-likeness (QED) is 0.0255. The molecule has 0 bridgehead atoms. The van der Waals surface area contributed by atoms with Crippen LogP contribution in [0, 0.1) is 0 Å². The van der Waals surface area contributed by atoms with E-state index in [0.717, 1.165) is 38.5 Å². The summed E-state index contributed by atoms with van der Waals surface area (Å²) < 4.78 is 0. The molecule has 0 amide bonds. The Morgan fingerprint density at radius 3 is 0.522 bits per heavy atom. The second-order valence-corrected chi connectivity index (χ2v) is 19.0. The maximum Gasteiger partial charge on any atom is 0.754 e. The second-order valence-electron chi connectivity index (χ2n) is 19.0. The van der Waals surface area contributed by atoms with E-state index < -0.39 is 25.2 Å². The Kier molecular flexibility index (Phi) is 71.4. The van der Waals surface area contributed by atoms with Gasteiger partial charge in [0.25, 0.3) is 0 Å². The Labute approximate surface area is 461 Å². The zero-order chi connectivity index (χ0) is 46.5. The maximum absolute atomic E-state index is 12.4. The van der Waals surface area contributed by atoms with E-state index in [1.54, 1.807) is 0 Å². The van der Waals surface area contributed by atoms with Gasteiger partial charge in [0.1, 0.15) is 0 Å². The number of unbranched alkanes of at least 4 members (excludes halogenated alkanes) is 42. The van der Waals surface area contributed by atoms with Crippen LogP contribution in [0.15, 0.2) is 0 Å². The third kappa shape index (κ3) is 62.6. The van der Waals surface area contributed by atoms with Gasteiger partial charge in [-0.25, -0.2) is 14.4 Å². The topological polar surface area (TPSA) is 107 Å². The fourth-order valence-corrected chi connectivity index (χ4v) is 8.37. The van der Waals surface area contributed by atoms with E-state index in [4.69, 9.17) is 29.1 Å². The van der Waals surface area contributed by atoms with Crippen molar-refractivity contribution < 1.29 is 111 Å². The molecule has 0 aliphatic carbocycles. The van der Waals surface area contributed by atoms with Crippen LogP contribution < -0.4 is 0 Å². The zero-order valence-electron chi connectivity index (χ0n) is 44.0. The molecule has 0 aromatic heterocycles. The Morgan fingerprint density at radius 2 is 0.373 bits per heavy atom. The van der Waals surface area contributed by atoms with Gasteiger partial charge in [0.15, 0.2) is 0 Å². The van der Waals surface area contributed by atoms with Crippen molar-refractivity contribution in [3.63, 3.8) is 0 Å². The number of carbonyl (C=O) groups excluding carboxylic acids is 3. The average Bonchev–Trinajstić information content (AvgIpc) is 3.29. The van der Waals surface area contributed by atoms with Gasteiger partial charge in [-0.05, 0) is 19.3 Å². The molecule has 0 aliphatic rings. The predicted molar refractivity (Wildman–Crippen MR) is 266 cm³/mol. The molecule has 0 heterocycles. The van der Waals surface area contributed by atoms with E-state index in [1.807, 2.05) is 0 Å². The molecule has 0 aliphatic heterocycles. The third-order valence-electron chi connectivity index (χ3n) is 12.6. The van der Waals surface area contributed by atoms with Crippen molar-refractivity contribution in [2.45, 2.75) is 329 Å². The molecule has 13 heteroatoms. The molecule has 9 nitrogen and oxygen atoms in total. The molecular formula is C54H105BNb3O9. The standard InChI is InChI=1S/C54H105BO9.3Nb/c1-4-7-10-13-16-19-22-25-28-31-34-37-40-43-46-49-52(56)59-62-55(63-60-53(57)50-47-44-41-38-35-32-29-26-23-20-17-14-11-8-5-2)64-61-54(58)51-48-45-42-39-36-33-30-27-24-21-18-15-12-9-6-3;;;/h4-51H2,1-3H3;;;. The molecule has 67 heavy (non-hydrogen) atoms. The van der Waals surface area contributed by atoms with Crippen molar-refractivity contribution in [2.24, 2.45) is 0 Å². The van der Waals surface area contributed by atoms with Crippen LogP contribution in [0.3, 0.4) is 0 Å². The summed E-state index contributed by atoms with van der Waals surface area (Å²) in [5.41, 5.74) is 0. The molecule has 0 atom stereocenters. The van der Waals surface area contributed by atoms with E-state index in [0.29, 0.717) is 19.3 Å².